The number of benzene rings is 2. The van der Waals surface area contributed by atoms with E-state index in [1.54, 1.807) is 42.5 Å². The number of halogens is 2. The minimum absolute atomic E-state index is 0.0808. The van der Waals surface area contributed by atoms with Crippen LogP contribution >= 0.6 is 23.2 Å². The van der Waals surface area contributed by atoms with E-state index in [2.05, 4.69) is 4.98 Å². The first-order chi connectivity index (χ1) is 11.9. The molecule has 1 aromatic heterocycles. The summed E-state index contributed by atoms with van der Waals surface area (Å²) >= 11 is 11.8. The Kier molecular flexibility index (Phi) is 5.27. The third-order valence-electron chi connectivity index (χ3n) is 3.38. The van der Waals surface area contributed by atoms with Gasteiger partial charge >= 0.3 is 0 Å². The van der Waals surface area contributed by atoms with Crippen molar-refractivity contribution in [3.8, 4) is 11.6 Å². The zero-order valence-corrected chi connectivity index (χ0v) is 15.2. The van der Waals surface area contributed by atoms with Gasteiger partial charge in [0.2, 0.25) is 5.88 Å². The van der Waals surface area contributed by atoms with E-state index in [1.807, 2.05) is 6.07 Å². The van der Waals surface area contributed by atoms with Crippen LogP contribution in [0.15, 0.2) is 71.8 Å². The molecule has 0 amide bonds. The molecule has 0 aliphatic heterocycles. The van der Waals surface area contributed by atoms with Gasteiger partial charge in [0.25, 0.3) is 0 Å². The van der Waals surface area contributed by atoms with Crippen molar-refractivity contribution in [3.05, 3.63) is 82.5 Å². The first-order valence-electron chi connectivity index (χ1n) is 7.30. The second kappa shape index (κ2) is 7.44. The topological polar surface area (TPSA) is 56.3 Å². The lowest BCUT2D eigenvalue weighted by Crippen LogP contribution is -2.05. The van der Waals surface area contributed by atoms with Gasteiger partial charge in [0.15, 0.2) is 9.84 Å². The molecule has 0 fully saturated rings. The Balaban J connectivity index is 1.76. The van der Waals surface area contributed by atoms with Gasteiger partial charge in [-0.15, -0.1) is 0 Å². The summed E-state index contributed by atoms with van der Waals surface area (Å²) in [6.07, 6.45) is 1.28. The summed E-state index contributed by atoms with van der Waals surface area (Å²) in [5, 5.41) is 0.783. The average molecular weight is 394 g/mol. The molecule has 0 bridgehead atoms. The average Bonchev–Trinajstić information content (AvgIpc) is 2.59. The molecule has 0 radical (unpaired) electrons. The van der Waals surface area contributed by atoms with Crippen molar-refractivity contribution < 1.29 is 13.2 Å². The van der Waals surface area contributed by atoms with Crippen molar-refractivity contribution >= 4 is 33.0 Å². The van der Waals surface area contributed by atoms with Crippen LogP contribution in [0.3, 0.4) is 0 Å². The normalized spacial score (nSPS) is 11.3. The highest BCUT2D eigenvalue weighted by Gasteiger charge is 2.16. The van der Waals surface area contributed by atoms with Gasteiger partial charge in [0.05, 0.1) is 20.7 Å². The minimum Gasteiger partial charge on any atom is -0.439 e. The summed E-state index contributed by atoms with van der Waals surface area (Å²) in [6.45, 7) is 0. The van der Waals surface area contributed by atoms with E-state index in [0.717, 1.165) is 5.56 Å². The molecule has 2 aromatic carbocycles. The zero-order chi connectivity index (χ0) is 17.9. The zero-order valence-electron chi connectivity index (χ0n) is 12.9. The quantitative estimate of drug-likeness (QED) is 0.600. The van der Waals surface area contributed by atoms with Gasteiger partial charge in [0, 0.05) is 18.3 Å². The predicted molar refractivity (Wildman–Crippen MR) is 98.1 cm³/mol. The summed E-state index contributed by atoms with van der Waals surface area (Å²) in [5.74, 6) is 0.640. The molecule has 3 aromatic rings. The van der Waals surface area contributed by atoms with E-state index in [9.17, 15) is 8.42 Å². The van der Waals surface area contributed by atoms with Crippen molar-refractivity contribution in [1.29, 1.82) is 0 Å². The van der Waals surface area contributed by atoms with E-state index < -0.39 is 9.84 Å². The summed E-state index contributed by atoms with van der Waals surface area (Å²) in [4.78, 5) is 4.19. The summed E-state index contributed by atoms with van der Waals surface area (Å²) in [5.41, 5.74) is 0.721. The van der Waals surface area contributed by atoms with Crippen molar-refractivity contribution in [2.75, 3.05) is 0 Å². The molecular weight excluding hydrogens is 381 g/mol. The summed E-state index contributed by atoms with van der Waals surface area (Å²) in [7, 11) is -3.47. The van der Waals surface area contributed by atoms with Crippen LogP contribution in [0.1, 0.15) is 5.56 Å². The second-order valence-electron chi connectivity index (χ2n) is 5.25. The highest BCUT2D eigenvalue weighted by atomic mass is 35.5. The van der Waals surface area contributed by atoms with E-state index in [1.165, 1.54) is 18.3 Å². The Morgan fingerprint density at radius 3 is 2.32 bits per heavy atom. The van der Waals surface area contributed by atoms with Gasteiger partial charge in [-0.1, -0.05) is 53.5 Å². The maximum Gasteiger partial charge on any atom is 0.219 e. The Morgan fingerprint density at radius 1 is 0.920 bits per heavy atom. The first-order valence-corrected chi connectivity index (χ1v) is 9.70. The van der Waals surface area contributed by atoms with Gasteiger partial charge in [-0.3, -0.25) is 0 Å². The minimum atomic E-state index is -3.47. The molecule has 0 spiro atoms. The lowest BCUT2D eigenvalue weighted by molar-refractivity contribution is 0.462. The van der Waals surface area contributed by atoms with Crippen molar-refractivity contribution in [3.63, 3.8) is 0 Å². The SMILES string of the molecule is O=S(=O)(Cc1ccccc1)c1ccc(Oc2ccc(Cl)c(Cl)c2)nc1. The van der Waals surface area contributed by atoms with Gasteiger partial charge in [-0.2, -0.15) is 0 Å². The molecule has 0 atom stereocenters. The van der Waals surface area contributed by atoms with Crippen molar-refractivity contribution in [2.24, 2.45) is 0 Å². The summed E-state index contributed by atoms with van der Waals surface area (Å²) < 4.78 is 30.4. The lowest BCUT2D eigenvalue weighted by Gasteiger charge is -2.07. The van der Waals surface area contributed by atoms with E-state index in [0.29, 0.717) is 15.8 Å². The van der Waals surface area contributed by atoms with E-state index in [4.69, 9.17) is 27.9 Å². The van der Waals surface area contributed by atoms with Crippen LogP contribution in [0.25, 0.3) is 0 Å². The molecule has 0 unspecified atom stereocenters. The van der Waals surface area contributed by atoms with Crippen LogP contribution in [0.5, 0.6) is 11.6 Å². The number of sulfone groups is 1. The van der Waals surface area contributed by atoms with Gasteiger partial charge in [0.1, 0.15) is 5.75 Å². The Hall–Kier alpha value is -2.08. The Morgan fingerprint density at radius 2 is 1.68 bits per heavy atom. The molecule has 25 heavy (non-hydrogen) atoms. The molecule has 0 aliphatic carbocycles. The van der Waals surface area contributed by atoms with E-state index >= 15 is 0 Å². The maximum absolute atomic E-state index is 12.4. The standard InChI is InChI=1S/C18H13Cl2NO3S/c19-16-8-6-14(10-17(16)20)24-18-9-7-15(11-21-18)25(22,23)12-13-4-2-1-3-5-13/h1-11H,12H2. The molecule has 0 saturated heterocycles. The number of pyridine rings is 1. The summed E-state index contributed by atoms with van der Waals surface area (Å²) in [6, 6.07) is 16.8. The smallest absolute Gasteiger partial charge is 0.219 e. The number of aromatic nitrogens is 1. The molecular formula is C18H13Cl2NO3S. The van der Waals surface area contributed by atoms with Gasteiger partial charge in [-0.05, 0) is 23.8 Å². The second-order valence-corrected chi connectivity index (χ2v) is 8.06. The van der Waals surface area contributed by atoms with Crippen LogP contribution in [-0.4, -0.2) is 13.4 Å². The molecule has 1 heterocycles. The fourth-order valence-electron chi connectivity index (χ4n) is 2.15. The number of nitrogens with zero attached hydrogens (tertiary/aromatic N) is 1. The predicted octanol–water partition coefficient (Wildman–Crippen LogP) is 5.15. The lowest BCUT2D eigenvalue weighted by atomic mass is 10.2. The third kappa shape index (κ3) is 4.51. The third-order valence-corrected chi connectivity index (χ3v) is 5.79. The van der Waals surface area contributed by atoms with Crippen LogP contribution in [0, 0.1) is 0 Å². The number of hydrogen-bond acceptors (Lipinski definition) is 4. The number of hydrogen-bond donors (Lipinski definition) is 0. The Bertz CT molecular complexity index is 975. The van der Waals surface area contributed by atoms with E-state index in [-0.39, 0.29) is 16.5 Å². The highest BCUT2D eigenvalue weighted by molar-refractivity contribution is 7.90. The molecule has 128 valence electrons. The first kappa shape index (κ1) is 17.7. The highest BCUT2D eigenvalue weighted by Crippen LogP contribution is 2.29. The molecule has 4 nitrogen and oxygen atoms in total. The van der Waals surface area contributed by atoms with Crippen molar-refractivity contribution in [1.82, 2.24) is 4.98 Å². The monoisotopic (exact) mass is 393 g/mol. The number of rotatable bonds is 5. The van der Waals surface area contributed by atoms with Crippen molar-refractivity contribution in [2.45, 2.75) is 10.6 Å². The largest absolute Gasteiger partial charge is 0.439 e. The van der Waals surface area contributed by atoms with Crippen LogP contribution in [-0.2, 0) is 15.6 Å². The van der Waals surface area contributed by atoms with Gasteiger partial charge in [-0.25, -0.2) is 13.4 Å². The number of ether oxygens (including phenoxy) is 1. The van der Waals surface area contributed by atoms with Crippen LogP contribution in [0.2, 0.25) is 10.0 Å². The Labute approximate surface area is 155 Å². The molecule has 7 heteroatoms. The molecule has 0 N–H and O–H groups in total. The van der Waals surface area contributed by atoms with Crippen LogP contribution < -0.4 is 4.74 Å². The van der Waals surface area contributed by atoms with Gasteiger partial charge < -0.3 is 4.74 Å². The maximum atomic E-state index is 12.4. The fourth-order valence-corrected chi connectivity index (χ4v) is 3.72. The molecule has 0 aliphatic rings. The van der Waals surface area contributed by atoms with Crippen LogP contribution in [0.4, 0.5) is 0 Å². The molecule has 3 rings (SSSR count). The molecule has 0 saturated carbocycles. The fraction of sp³-hybridized carbons (Fsp3) is 0.0556.